The van der Waals surface area contributed by atoms with E-state index in [-0.39, 0.29) is 21.4 Å². The average Bonchev–Trinajstić information content (AvgIpc) is 2.83. The Kier molecular flexibility index (Phi) is 8.30. The smallest absolute Gasteiger partial charge is 0.268 e. The molecule has 3 aromatic rings. The molecule has 3 aromatic carbocycles. The number of carbonyl (C=O) groups is 1. The van der Waals surface area contributed by atoms with Gasteiger partial charge in [-0.05, 0) is 67.3 Å². The number of methoxy groups -OCH3 is 2. The van der Waals surface area contributed by atoms with E-state index in [1.54, 1.807) is 31.2 Å². The van der Waals surface area contributed by atoms with Crippen LogP contribution >= 0.6 is 11.6 Å². The van der Waals surface area contributed by atoms with Crippen LogP contribution in [0.1, 0.15) is 23.6 Å². The molecule has 0 heterocycles. The Labute approximate surface area is 211 Å². The lowest BCUT2D eigenvalue weighted by molar-refractivity contribution is -0.114. The summed E-state index contributed by atoms with van der Waals surface area (Å²) in [6, 6.07) is 15.2. The monoisotopic (exact) mass is 516 g/mol. The number of nitrogens with one attached hydrogen (secondary N) is 1. The van der Waals surface area contributed by atoms with E-state index in [1.807, 2.05) is 32.0 Å². The summed E-state index contributed by atoms with van der Waals surface area (Å²) in [6.45, 7) is 5.19. The number of benzene rings is 3. The fourth-order valence-corrected chi connectivity index (χ4v) is 5.65. The first-order chi connectivity index (χ1) is 16.6. The number of aryl methyl sites for hydroxylation is 3. The number of rotatable bonds is 9. The topological polar surface area (TPSA) is 84.9 Å². The van der Waals surface area contributed by atoms with E-state index in [0.29, 0.717) is 17.9 Å². The second-order valence-electron chi connectivity index (χ2n) is 8.00. The van der Waals surface area contributed by atoms with E-state index in [4.69, 9.17) is 21.1 Å². The number of hydrogen-bond donors (Lipinski definition) is 1. The molecule has 0 bridgehead atoms. The van der Waals surface area contributed by atoms with Crippen molar-refractivity contribution >= 4 is 38.9 Å². The van der Waals surface area contributed by atoms with Crippen LogP contribution in [0.5, 0.6) is 11.5 Å². The molecular weight excluding hydrogens is 488 g/mol. The van der Waals surface area contributed by atoms with Crippen molar-refractivity contribution in [2.45, 2.75) is 32.1 Å². The molecule has 0 aliphatic rings. The van der Waals surface area contributed by atoms with Gasteiger partial charge in [-0.3, -0.25) is 9.10 Å². The third kappa shape index (κ3) is 5.71. The number of para-hydroxylation sites is 1. The molecule has 9 heteroatoms. The number of halogens is 1. The zero-order chi connectivity index (χ0) is 25.8. The molecule has 0 atom stereocenters. The summed E-state index contributed by atoms with van der Waals surface area (Å²) in [7, 11) is -1.36. The Hall–Kier alpha value is -3.23. The Bertz CT molecular complexity index is 1340. The summed E-state index contributed by atoms with van der Waals surface area (Å²) >= 11 is 6.31. The SMILES string of the molecule is CCc1cccc(C)c1NC(=O)CN(c1ccc(OC)c(Cl)c1)S(=O)(=O)c1cc(C)ccc1OC. The molecular formula is C26H29ClN2O5S. The van der Waals surface area contributed by atoms with E-state index in [9.17, 15) is 13.2 Å². The lowest BCUT2D eigenvalue weighted by Crippen LogP contribution is -2.38. The maximum atomic E-state index is 13.9. The molecule has 0 aliphatic carbocycles. The van der Waals surface area contributed by atoms with Crippen LogP contribution in [-0.4, -0.2) is 35.1 Å². The molecule has 3 rings (SSSR count). The largest absolute Gasteiger partial charge is 0.495 e. The summed E-state index contributed by atoms with van der Waals surface area (Å²) in [5.41, 5.74) is 3.47. The van der Waals surface area contributed by atoms with E-state index in [2.05, 4.69) is 5.32 Å². The van der Waals surface area contributed by atoms with Crippen LogP contribution in [0.25, 0.3) is 0 Å². The summed E-state index contributed by atoms with van der Waals surface area (Å²) in [6.07, 6.45) is 0.716. The number of anilines is 2. The van der Waals surface area contributed by atoms with E-state index < -0.39 is 22.5 Å². The van der Waals surface area contributed by atoms with Crippen LogP contribution in [0.15, 0.2) is 59.5 Å². The minimum atomic E-state index is -4.22. The average molecular weight is 517 g/mol. The zero-order valence-corrected chi connectivity index (χ0v) is 22.0. The van der Waals surface area contributed by atoms with Crippen molar-refractivity contribution in [2.75, 3.05) is 30.4 Å². The summed E-state index contributed by atoms with van der Waals surface area (Å²) < 4.78 is 39.4. The third-order valence-electron chi connectivity index (χ3n) is 5.60. The van der Waals surface area contributed by atoms with Crippen molar-refractivity contribution in [1.82, 2.24) is 0 Å². The van der Waals surface area contributed by atoms with Crippen LogP contribution in [0.2, 0.25) is 5.02 Å². The van der Waals surface area contributed by atoms with Gasteiger partial charge in [0.2, 0.25) is 5.91 Å². The number of hydrogen-bond acceptors (Lipinski definition) is 5. The van der Waals surface area contributed by atoms with Gasteiger partial charge in [-0.25, -0.2) is 8.42 Å². The first-order valence-electron chi connectivity index (χ1n) is 11.0. The van der Waals surface area contributed by atoms with Gasteiger partial charge in [0.15, 0.2) is 0 Å². The number of amides is 1. The van der Waals surface area contributed by atoms with Gasteiger partial charge >= 0.3 is 0 Å². The van der Waals surface area contributed by atoms with Crippen molar-refractivity contribution in [3.63, 3.8) is 0 Å². The van der Waals surface area contributed by atoms with Crippen LogP contribution in [0.3, 0.4) is 0 Å². The second-order valence-corrected chi connectivity index (χ2v) is 10.2. The summed E-state index contributed by atoms with van der Waals surface area (Å²) in [5.74, 6) is 0.0711. The molecule has 1 amide bonds. The van der Waals surface area contributed by atoms with Crippen LogP contribution in [-0.2, 0) is 21.2 Å². The molecule has 0 spiro atoms. The van der Waals surface area contributed by atoms with Crippen molar-refractivity contribution in [3.8, 4) is 11.5 Å². The maximum absolute atomic E-state index is 13.9. The van der Waals surface area contributed by atoms with Crippen LogP contribution in [0.4, 0.5) is 11.4 Å². The van der Waals surface area contributed by atoms with Crippen molar-refractivity contribution in [1.29, 1.82) is 0 Å². The highest BCUT2D eigenvalue weighted by Gasteiger charge is 2.31. The number of nitrogens with zero attached hydrogens (tertiary/aromatic N) is 1. The molecule has 0 radical (unpaired) electrons. The lowest BCUT2D eigenvalue weighted by Gasteiger charge is -2.26. The first kappa shape index (κ1) is 26.4. The van der Waals surface area contributed by atoms with E-state index in [0.717, 1.165) is 21.0 Å². The van der Waals surface area contributed by atoms with Gasteiger partial charge in [0.05, 0.1) is 24.9 Å². The zero-order valence-electron chi connectivity index (χ0n) is 20.4. The highest BCUT2D eigenvalue weighted by atomic mass is 35.5. The number of ether oxygens (including phenoxy) is 2. The molecule has 7 nitrogen and oxygen atoms in total. The number of sulfonamides is 1. The van der Waals surface area contributed by atoms with Gasteiger partial charge in [0, 0.05) is 5.69 Å². The van der Waals surface area contributed by atoms with Gasteiger partial charge < -0.3 is 14.8 Å². The molecule has 0 aliphatic heterocycles. The number of carbonyl (C=O) groups excluding carboxylic acids is 1. The van der Waals surface area contributed by atoms with Gasteiger partial charge in [0.1, 0.15) is 22.9 Å². The van der Waals surface area contributed by atoms with Crippen molar-refractivity contribution in [2.24, 2.45) is 0 Å². The Morgan fingerprint density at radius 2 is 1.69 bits per heavy atom. The Morgan fingerprint density at radius 1 is 1.00 bits per heavy atom. The molecule has 0 saturated heterocycles. The van der Waals surface area contributed by atoms with E-state index in [1.165, 1.54) is 26.4 Å². The highest BCUT2D eigenvalue weighted by Crippen LogP contribution is 2.34. The normalized spacial score (nSPS) is 11.1. The fourth-order valence-electron chi connectivity index (χ4n) is 3.74. The molecule has 0 aromatic heterocycles. The molecule has 35 heavy (non-hydrogen) atoms. The predicted octanol–water partition coefficient (Wildman–Crippen LogP) is 5.37. The minimum absolute atomic E-state index is 0.0510. The van der Waals surface area contributed by atoms with E-state index >= 15 is 0 Å². The maximum Gasteiger partial charge on any atom is 0.268 e. The van der Waals surface area contributed by atoms with Gasteiger partial charge in [-0.15, -0.1) is 0 Å². The van der Waals surface area contributed by atoms with Gasteiger partial charge in [0.25, 0.3) is 10.0 Å². The standard InChI is InChI=1S/C26H29ClN2O5S/c1-6-19-9-7-8-18(3)26(19)28-25(30)16-29(20-11-13-22(33-4)21(27)15-20)35(31,32)24-14-17(2)10-12-23(24)34-5/h7-15H,6,16H2,1-5H3,(H,28,30). The van der Waals surface area contributed by atoms with Crippen molar-refractivity contribution in [3.05, 3.63) is 76.3 Å². The van der Waals surface area contributed by atoms with Crippen LogP contribution < -0.4 is 19.1 Å². The van der Waals surface area contributed by atoms with Gasteiger partial charge in [-0.1, -0.05) is 42.8 Å². The quantitative estimate of drug-likeness (QED) is 0.413. The predicted molar refractivity (Wildman–Crippen MR) is 139 cm³/mol. The molecule has 0 fully saturated rings. The molecule has 1 N–H and O–H groups in total. The second kappa shape index (κ2) is 11.0. The minimum Gasteiger partial charge on any atom is -0.495 e. The Morgan fingerprint density at radius 3 is 2.31 bits per heavy atom. The van der Waals surface area contributed by atoms with Gasteiger partial charge in [-0.2, -0.15) is 0 Å². The third-order valence-corrected chi connectivity index (χ3v) is 7.69. The first-order valence-corrected chi connectivity index (χ1v) is 12.8. The Balaban J connectivity index is 2.09. The lowest BCUT2D eigenvalue weighted by atomic mass is 10.1. The molecule has 0 saturated carbocycles. The van der Waals surface area contributed by atoms with Crippen molar-refractivity contribution < 1.29 is 22.7 Å². The van der Waals surface area contributed by atoms with Crippen LogP contribution in [0, 0.1) is 13.8 Å². The fraction of sp³-hybridized carbons (Fsp3) is 0.269. The summed E-state index contributed by atoms with van der Waals surface area (Å²) in [4.78, 5) is 13.2. The summed E-state index contributed by atoms with van der Waals surface area (Å²) in [5, 5.41) is 3.11. The highest BCUT2D eigenvalue weighted by molar-refractivity contribution is 7.93. The molecule has 186 valence electrons. The molecule has 0 unspecified atom stereocenters.